The standard InChI is InChI=1S/C24H36N4O2/c1-16-21(14-22(29)27-20-10-11-20)17(2)26-24(25-16)19-8-5-13-28(15-19)23(30)12-9-18-6-3-4-7-18/h18-20H,3-15H2,1-2H3,(H,27,29). The minimum atomic E-state index is 0.0664. The number of hydrogen-bond donors (Lipinski definition) is 1. The fraction of sp³-hybridized carbons (Fsp3) is 0.750. The van der Waals surface area contributed by atoms with Crippen LogP contribution in [0.25, 0.3) is 0 Å². The van der Waals surface area contributed by atoms with Gasteiger partial charge in [-0.3, -0.25) is 9.59 Å². The van der Waals surface area contributed by atoms with Gasteiger partial charge in [0.25, 0.3) is 0 Å². The summed E-state index contributed by atoms with van der Waals surface area (Å²) >= 11 is 0. The summed E-state index contributed by atoms with van der Waals surface area (Å²) in [5.41, 5.74) is 2.73. The first-order chi connectivity index (χ1) is 14.5. The SMILES string of the molecule is Cc1nc(C2CCCN(C(=O)CCC3CCCC3)C2)nc(C)c1CC(=O)NC1CC1. The Morgan fingerprint density at radius 3 is 2.37 bits per heavy atom. The zero-order valence-electron chi connectivity index (χ0n) is 18.6. The van der Waals surface area contributed by atoms with Crippen LogP contribution in [-0.2, 0) is 16.0 Å². The van der Waals surface area contributed by atoms with Gasteiger partial charge in [-0.25, -0.2) is 9.97 Å². The van der Waals surface area contributed by atoms with E-state index in [0.29, 0.717) is 24.8 Å². The van der Waals surface area contributed by atoms with Crippen molar-refractivity contribution in [3.05, 3.63) is 22.8 Å². The van der Waals surface area contributed by atoms with Crippen molar-refractivity contribution in [2.75, 3.05) is 13.1 Å². The Morgan fingerprint density at radius 1 is 1.00 bits per heavy atom. The van der Waals surface area contributed by atoms with E-state index < -0.39 is 0 Å². The predicted octanol–water partition coefficient (Wildman–Crippen LogP) is 3.59. The second kappa shape index (κ2) is 9.44. The molecular formula is C24H36N4O2. The van der Waals surface area contributed by atoms with Crippen molar-refractivity contribution in [2.45, 2.75) is 96.4 Å². The molecule has 1 aromatic rings. The second-order valence-electron chi connectivity index (χ2n) is 9.62. The van der Waals surface area contributed by atoms with Crippen LogP contribution >= 0.6 is 0 Å². The van der Waals surface area contributed by atoms with E-state index in [1.54, 1.807) is 0 Å². The summed E-state index contributed by atoms with van der Waals surface area (Å²) in [6.45, 7) is 5.54. The van der Waals surface area contributed by atoms with Crippen molar-refractivity contribution < 1.29 is 9.59 Å². The van der Waals surface area contributed by atoms with Gasteiger partial charge < -0.3 is 10.2 Å². The number of hydrogen-bond acceptors (Lipinski definition) is 4. The number of nitrogens with one attached hydrogen (secondary N) is 1. The molecular weight excluding hydrogens is 376 g/mol. The quantitative estimate of drug-likeness (QED) is 0.743. The molecule has 0 radical (unpaired) electrons. The highest BCUT2D eigenvalue weighted by atomic mass is 16.2. The third-order valence-electron chi connectivity index (χ3n) is 7.10. The van der Waals surface area contributed by atoms with Gasteiger partial charge in [0.15, 0.2) is 0 Å². The van der Waals surface area contributed by atoms with Crippen LogP contribution in [0.3, 0.4) is 0 Å². The van der Waals surface area contributed by atoms with E-state index >= 15 is 0 Å². The lowest BCUT2D eigenvalue weighted by atomic mass is 9.95. The van der Waals surface area contributed by atoms with Crippen LogP contribution in [0, 0.1) is 19.8 Å². The number of likely N-dealkylation sites (tertiary alicyclic amines) is 1. The molecule has 2 heterocycles. The van der Waals surface area contributed by atoms with Gasteiger partial charge in [-0.05, 0) is 51.9 Å². The fourth-order valence-corrected chi connectivity index (χ4v) is 5.07. The average Bonchev–Trinajstić information content (AvgIpc) is 3.38. The Hall–Kier alpha value is -1.98. The maximum atomic E-state index is 12.8. The number of aryl methyl sites for hydroxylation is 2. The number of rotatable bonds is 7. The molecule has 2 saturated carbocycles. The third-order valence-corrected chi connectivity index (χ3v) is 7.10. The second-order valence-corrected chi connectivity index (χ2v) is 9.62. The highest BCUT2D eigenvalue weighted by Crippen LogP contribution is 2.30. The van der Waals surface area contributed by atoms with Gasteiger partial charge in [-0.2, -0.15) is 0 Å². The van der Waals surface area contributed by atoms with Crippen molar-refractivity contribution in [1.82, 2.24) is 20.2 Å². The first-order valence-electron chi connectivity index (χ1n) is 11.9. The molecule has 2 amide bonds. The number of aromatic nitrogens is 2. The Balaban J connectivity index is 1.36. The fourth-order valence-electron chi connectivity index (χ4n) is 5.07. The van der Waals surface area contributed by atoms with Crippen LogP contribution in [-0.4, -0.2) is 45.8 Å². The molecule has 0 spiro atoms. The number of carbonyl (C=O) groups is 2. The monoisotopic (exact) mass is 412 g/mol. The van der Waals surface area contributed by atoms with E-state index in [9.17, 15) is 9.59 Å². The number of nitrogens with zero attached hydrogens (tertiary/aromatic N) is 3. The third kappa shape index (κ3) is 5.38. The molecule has 1 N–H and O–H groups in total. The van der Waals surface area contributed by atoms with Crippen molar-refractivity contribution in [3.63, 3.8) is 0 Å². The summed E-state index contributed by atoms with van der Waals surface area (Å²) in [6.07, 6.45) is 11.6. The molecule has 6 nitrogen and oxygen atoms in total. The van der Waals surface area contributed by atoms with Gasteiger partial charge in [0.1, 0.15) is 5.82 Å². The molecule has 0 bridgehead atoms. The van der Waals surface area contributed by atoms with Crippen LogP contribution in [0.1, 0.15) is 92.9 Å². The predicted molar refractivity (Wildman–Crippen MR) is 116 cm³/mol. The minimum absolute atomic E-state index is 0.0664. The molecule has 2 aliphatic carbocycles. The largest absolute Gasteiger partial charge is 0.353 e. The van der Waals surface area contributed by atoms with Crippen LogP contribution in [0.5, 0.6) is 0 Å². The van der Waals surface area contributed by atoms with Crippen molar-refractivity contribution >= 4 is 11.8 Å². The van der Waals surface area contributed by atoms with Crippen molar-refractivity contribution in [2.24, 2.45) is 5.92 Å². The van der Waals surface area contributed by atoms with Gasteiger partial charge in [-0.15, -0.1) is 0 Å². The van der Waals surface area contributed by atoms with Crippen LogP contribution in [0.15, 0.2) is 0 Å². The Kier molecular flexibility index (Phi) is 6.69. The van der Waals surface area contributed by atoms with Gasteiger partial charge >= 0.3 is 0 Å². The lowest BCUT2D eigenvalue weighted by molar-refractivity contribution is -0.132. The van der Waals surface area contributed by atoms with E-state index in [2.05, 4.69) is 5.32 Å². The molecule has 1 saturated heterocycles. The molecule has 164 valence electrons. The molecule has 1 unspecified atom stereocenters. The summed E-state index contributed by atoms with van der Waals surface area (Å²) in [6, 6.07) is 0.373. The molecule has 1 atom stereocenters. The maximum absolute atomic E-state index is 12.8. The lowest BCUT2D eigenvalue weighted by Gasteiger charge is -2.32. The number of carbonyl (C=O) groups excluding carboxylic acids is 2. The molecule has 4 rings (SSSR count). The molecule has 30 heavy (non-hydrogen) atoms. The van der Waals surface area contributed by atoms with Gasteiger partial charge in [0.05, 0.1) is 6.42 Å². The summed E-state index contributed by atoms with van der Waals surface area (Å²) < 4.78 is 0. The highest BCUT2D eigenvalue weighted by molar-refractivity contribution is 5.79. The summed E-state index contributed by atoms with van der Waals surface area (Å²) in [4.78, 5) is 36.6. The van der Waals surface area contributed by atoms with E-state index in [0.717, 1.165) is 73.9 Å². The number of amides is 2. The smallest absolute Gasteiger partial charge is 0.224 e. The zero-order valence-corrected chi connectivity index (χ0v) is 18.6. The van der Waals surface area contributed by atoms with Crippen molar-refractivity contribution in [1.29, 1.82) is 0 Å². The van der Waals surface area contributed by atoms with Crippen molar-refractivity contribution in [3.8, 4) is 0 Å². The maximum Gasteiger partial charge on any atom is 0.224 e. The van der Waals surface area contributed by atoms with Gasteiger partial charge in [0.2, 0.25) is 11.8 Å². The number of piperidine rings is 1. The van der Waals surface area contributed by atoms with Gasteiger partial charge in [0, 0.05) is 48.4 Å². The normalized spacial score (nSPS) is 22.3. The summed E-state index contributed by atoms with van der Waals surface area (Å²) in [5, 5.41) is 3.05. The molecule has 1 aromatic heterocycles. The molecule has 0 aromatic carbocycles. The first kappa shape index (κ1) is 21.3. The zero-order chi connectivity index (χ0) is 21.1. The Morgan fingerprint density at radius 2 is 1.70 bits per heavy atom. The lowest BCUT2D eigenvalue weighted by Crippen LogP contribution is -2.39. The average molecular weight is 413 g/mol. The van der Waals surface area contributed by atoms with Crippen LogP contribution < -0.4 is 5.32 Å². The molecule has 1 aliphatic heterocycles. The van der Waals surface area contributed by atoms with E-state index in [1.807, 2.05) is 18.7 Å². The summed E-state index contributed by atoms with van der Waals surface area (Å²) in [7, 11) is 0. The van der Waals surface area contributed by atoms with Crippen LogP contribution in [0.4, 0.5) is 0 Å². The molecule has 3 fully saturated rings. The summed E-state index contributed by atoms with van der Waals surface area (Å²) in [5.74, 6) is 2.16. The minimum Gasteiger partial charge on any atom is -0.353 e. The van der Waals surface area contributed by atoms with E-state index in [4.69, 9.17) is 9.97 Å². The van der Waals surface area contributed by atoms with E-state index in [-0.39, 0.29) is 11.8 Å². The Bertz CT molecular complexity index is 760. The first-order valence-corrected chi connectivity index (χ1v) is 11.9. The molecule has 6 heteroatoms. The van der Waals surface area contributed by atoms with Gasteiger partial charge in [-0.1, -0.05) is 25.7 Å². The van der Waals surface area contributed by atoms with E-state index in [1.165, 1.54) is 25.7 Å². The van der Waals surface area contributed by atoms with Crippen LogP contribution in [0.2, 0.25) is 0 Å². The highest BCUT2D eigenvalue weighted by Gasteiger charge is 2.28. The topological polar surface area (TPSA) is 75.2 Å². The molecule has 3 aliphatic rings. The Labute approximate surface area is 180 Å².